The Labute approximate surface area is 298 Å². The second kappa shape index (κ2) is 35.5. The van der Waals surface area contributed by atoms with Gasteiger partial charge in [-0.3, -0.25) is 18.6 Å². The van der Waals surface area contributed by atoms with Crippen molar-refractivity contribution >= 4 is 19.7 Å². The van der Waals surface area contributed by atoms with Crippen LogP contribution in [0, 0.1) is 0 Å². The monoisotopic (exact) mass is 709 g/mol. The number of amides is 1. The van der Waals surface area contributed by atoms with E-state index in [1.165, 1.54) is 44.9 Å². The highest BCUT2D eigenvalue weighted by atomic mass is 31.2. The first-order valence-electron chi connectivity index (χ1n) is 18.8. The van der Waals surface area contributed by atoms with Crippen LogP contribution in [0.5, 0.6) is 0 Å². The fourth-order valence-corrected chi connectivity index (χ4v) is 5.28. The van der Waals surface area contributed by atoms with Crippen LogP contribution in [0.3, 0.4) is 0 Å². The first kappa shape index (κ1) is 46.7. The number of hydrogen-bond acceptors (Lipinski definition) is 7. The minimum Gasteiger partial charge on any atom is -0.463 e. The molecule has 0 saturated heterocycles. The summed E-state index contributed by atoms with van der Waals surface area (Å²) in [5, 5.41) is 12.6. The Morgan fingerprint density at radius 2 is 1.14 bits per heavy atom. The molecular weight excluding hydrogens is 641 g/mol. The lowest BCUT2D eigenvalue weighted by atomic mass is 10.1. The quantitative estimate of drug-likeness (QED) is 0.0261. The minimum atomic E-state index is -4.42. The van der Waals surface area contributed by atoms with Gasteiger partial charge in [-0.25, -0.2) is 4.57 Å². The highest BCUT2D eigenvalue weighted by Gasteiger charge is 2.23. The molecule has 1 amide bonds. The Morgan fingerprint density at radius 3 is 1.78 bits per heavy atom. The summed E-state index contributed by atoms with van der Waals surface area (Å²) in [4.78, 5) is 33.7. The predicted octanol–water partition coefficient (Wildman–Crippen LogP) is 9.76. The lowest BCUT2D eigenvalue weighted by molar-refractivity contribution is -0.147. The SMILES string of the molecule is CCCC/C=C\CCCCCCCC(=O)NCCOP(=O)(O)OCC(O)COC(=O)CCC/C=C\C/C=C\C/C=C\C/C=C\CCCCC. The molecule has 3 N–H and O–H groups in total. The van der Waals surface area contributed by atoms with E-state index in [9.17, 15) is 24.2 Å². The van der Waals surface area contributed by atoms with E-state index in [4.69, 9.17) is 13.8 Å². The third-order valence-corrected chi connectivity index (χ3v) is 8.40. The lowest BCUT2D eigenvalue weighted by Crippen LogP contribution is -2.27. The van der Waals surface area contributed by atoms with Crippen LogP contribution in [0.1, 0.15) is 142 Å². The number of esters is 1. The molecule has 0 aliphatic carbocycles. The summed E-state index contributed by atoms with van der Waals surface area (Å²) in [6, 6.07) is 0. The number of aliphatic hydroxyl groups excluding tert-OH is 1. The van der Waals surface area contributed by atoms with E-state index in [0.717, 1.165) is 64.2 Å². The smallest absolute Gasteiger partial charge is 0.463 e. The van der Waals surface area contributed by atoms with Gasteiger partial charge in [0.05, 0.1) is 13.2 Å². The molecule has 0 aromatic rings. The molecule has 0 rings (SSSR count). The molecule has 0 aromatic heterocycles. The fraction of sp³-hybridized carbons (Fsp3) is 0.692. The van der Waals surface area contributed by atoms with Crippen molar-refractivity contribution in [3.8, 4) is 0 Å². The minimum absolute atomic E-state index is 0.0678. The normalized spacial score (nSPS) is 14.1. The van der Waals surface area contributed by atoms with Crippen molar-refractivity contribution in [1.29, 1.82) is 0 Å². The standard InChI is InChI=1S/C39H68NO8P/c1-3-5-7-9-11-13-15-16-17-18-19-20-22-24-26-28-30-32-39(43)46-35-37(41)36-48-49(44,45)47-34-33-40-38(42)31-29-27-25-23-21-14-12-10-8-6-4-2/h10-13,16-17,19-20,24,26,37,41H,3-9,14-15,18,21-23,25,27-36H2,1-2H3,(H,40,42)(H,44,45)/b12-10-,13-11-,17-16-,20-19-,26-24-. The second-order valence-corrected chi connectivity index (χ2v) is 13.6. The predicted molar refractivity (Wildman–Crippen MR) is 201 cm³/mol. The molecule has 2 atom stereocenters. The number of rotatable bonds is 34. The summed E-state index contributed by atoms with van der Waals surface area (Å²) in [7, 11) is -4.42. The van der Waals surface area contributed by atoms with Crippen molar-refractivity contribution in [3.63, 3.8) is 0 Å². The van der Waals surface area contributed by atoms with Crippen molar-refractivity contribution < 1.29 is 37.9 Å². The number of hydrogen-bond donors (Lipinski definition) is 3. The second-order valence-electron chi connectivity index (χ2n) is 12.2. The maximum Gasteiger partial charge on any atom is 0.472 e. The number of carbonyl (C=O) groups is 2. The molecule has 0 spiro atoms. The topological polar surface area (TPSA) is 131 Å². The van der Waals surface area contributed by atoms with Crippen molar-refractivity contribution in [2.75, 3.05) is 26.4 Å². The van der Waals surface area contributed by atoms with Crippen LogP contribution >= 0.6 is 7.82 Å². The third-order valence-electron chi connectivity index (χ3n) is 7.42. The Bertz CT molecular complexity index is 992. The number of aliphatic hydroxyl groups is 1. The van der Waals surface area contributed by atoms with Crippen molar-refractivity contribution in [2.24, 2.45) is 0 Å². The maximum absolute atomic E-state index is 12.0. The van der Waals surface area contributed by atoms with Gasteiger partial charge < -0.3 is 20.1 Å². The Hall–Kier alpha value is -2.29. The van der Waals surface area contributed by atoms with E-state index in [-0.39, 0.29) is 32.1 Å². The number of unbranched alkanes of at least 4 members (excludes halogenated alkanes) is 11. The molecule has 10 heteroatoms. The van der Waals surface area contributed by atoms with Gasteiger partial charge in [0.1, 0.15) is 12.7 Å². The zero-order valence-electron chi connectivity index (χ0n) is 30.6. The number of phosphoric acid groups is 1. The number of allylic oxidation sites excluding steroid dienone is 10. The average molecular weight is 710 g/mol. The summed E-state index contributed by atoms with van der Waals surface area (Å²) < 4.78 is 26.7. The third kappa shape index (κ3) is 36.8. The fourth-order valence-electron chi connectivity index (χ4n) is 4.53. The van der Waals surface area contributed by atoms with E-state index >= 15 is 0 Å². The summed E-state index contributed by atoms with van der Waals surface area (Å²) in [5.41, 5.74) is 0. The number of carbonyl (C=O) groups excluding carboxylic acids is 2. The number of ether oxygens (including phenoxy) is 1. The molecule has 0 aromatic carbocycles. The maximum atomic E-state index is 12.0. The highest BCUT2D eigenvalue weighted by molar-refractivity contribution is 7.47. The van der Waals surface area contributed by atoms with Crippen LogP contribution in [0.2, 0.25) is 0 Å². The molecule has 49 heavy (non-hydrogen) atoms. The van der Waals surface area contributed by atoms with Gasteiger partial charge in [0.25, 0.3) is 0 Å². The van der Waals surface area contributed by atoms with Gasteiger partial charge in [-0.05, 0) is 70.6 Å². The van der Waals surface area contributed by atoms with E-state index in [1.807, 2.05) is 6.08 Å². The average Bonchev–Trinajstić information content (AvgIpc) is 3.08. The molecule has 9 nitrogen and oxygen atoms in total. The van der Waals surface area contributed by atoms with Crippen molar-refractivity contribution in [2.45, 2.75) is 148 Å². The van der Waals surface area contributed by atoms with Gasteiger partial charge in [0.2, 0.25) is 5.91 Å². The molecule has 0 aliphatic rings. The van der Waals surface area contributed by atoms with Crippen LogP contribution in [0.4, 0.5) is 0 Å². The van der Waals surface area contributed by atoms with Crippen molar-refractivity contribution in [3.05, 3.63) is 60.8 Å². The molecule has 2 unspecified atom stereocenters. The van der Waals surface area contributed by atoms with Gasteiger partial charge in [0, 0.05) is 19.4 Å². The molecule has 0 saturated carbocycles. The van der Waals surface area contributed by atoms with Gasteiger partial charge >= 0.3 is 13.8 Å². The van der Waals surface area contributed by atoms with E-state index < -0.39 is 26.5 Å². The molecule has 0 heterocycles. The van der Waals surface area contributed by atoms with Gasteiger partial charge in [-0.15, -0.1) is 0 Å². The van der Waals surface area contributed by atoms with Crippen molar-refractivity contribution in [1.82, 2.24) is 5.32 Å². The van der Waals surface area contributed by atoms with Gasteiger partial charge in [0.15, 0.2) is 0 Å². The van der Waals surface area contributed by atoms with Gasteiger partial charge in [-0.1, -0.05) is 120 Å². The van der Waals surface area contributed by atoms with Gasteiger partial charge in [-0.2, -0.15) is 0 Å². The molecular formula is C39H68NO8P. The summed E-state index contributed by atoms with van der Waals surface area (Å²) in [6.45, 7) is 3.38. The first-order valence-corrected chi connectivity index (χ1v) is 20.3. The lowest BCUT2D eigenvalue weighted by Gasteiger charge is -2.15. The molecule has 0 fully saturated rings. The Morgan fingerprint density at radius 1 is 0.633 bits per heavy atom. The summed E-state index contributed by atoms with van der Waals surface area (Å²) in [5.74, 6) is -0.590. The van der Waals surface area contributed by atoms with E-state index in [0.29, 0.717) is 12.8 Å². The first-order chi connectivity index (χ1) is 23.8. The Kier molecular flexibility index (Phi) is 33.9. The van der Waals surface area contributed by atoms with Crippen LogP contribution in [0.15, 0.2) is 60.8 Å². The number of phosphoric ester groups is 1. The summed E-state index contributed by atoms with van der Waals surface area (Å²) >= 11 is 0. The van der Waals surface area contributed by atoms with Crippen LogP contribution in [-0.4, -0.2) is 54.3 Å². The van der Waals surface area contributed by atoms with E-state index in [2.05, 4.69) is 73.8 Å². The molecule has 0 aliphatic heterocycles. The van der Waals surface area contributed by atoms with Crippen LogP contribution in [-0.2, 0) is 27.9 Å². The summed E-state index contributed by atoms with van der Waals surface area (Å²) in [6.07, 6.45) is 40.1. The largest absolute Gasteiger partial charge is 0.472 e. The number of nitrogens with one attached hydrogen (secondary N) is 1. The Balaban J connectivity index is 3.75. The van der Waals surface area contributed by atoms with Crippen LogP contribution < -0.4 is 5.32 Å². The zero-order chi connectivity index (χ0) is 36.1. The molecule has 282 valence electrons. The van der Waals surface area contributed by atoms with Crippen LogP contribution in [0.25, 0.3) is 0 Å². The highest BCUT2D eigenvalue weighted by Crippen LogP contribution is 2.42. The zero-order valence-corrected chi connectivity index (χ0v) is 31.5. The molecule has 0 radical (unpaired) electrons. The van der Waals surface area contributed by atoms with E-state index in [1.54, 1.807) is 0 Å². The molecule has 0 bridgehead atoms.